The van der Waals surface area contributed by atoms with Crippen LogP contribution in [0, 0.1) is 0 Å². The molecule has 3 aromatic rings. The van der Waals surface area contributed by atoms with Crippen LogP contribution in [0.1, 0.15) is 15.9 Å². The molecule has 0 atom stereocenters. The summed E-state index contributed by atoms with van der Waals surface area (Å²) in [6.07, 6.45) is -4.61. The Morgan fingerprint density at radius 2 is 1.58 bits per heavy atom. The van der Waals surface area contributed by atoms with Crippen molar-refractivity contribution in [1.29, 1.82) is 0 Å². The molecule has 0 aromatic heterocycles. The van der Waals surface area contributed by atoms with Crippen LogP contribution < -0.4 is 14.8 Å². The number of sulfonamides is 1. The van der Waals surface area contributed by atoms with Crippen molar-refractivity contribution in [3.63, 3.8) is 0 Å². The van der Waals surface area contributed by atoms with E-state index < -0.39 is 27.7 Å². The van der Waals surface area contributed by atoms with Crippen molar-refractivity contribution in [2.45, 2.75) is 11.1 Å². The fraction of sp³-hybridized carbons (Fsp3) is 0.0952. The second-order valence-electron chi connectivity index (χ2n) is 6.40. The van der Waals surface area contributed by atoms with Gasteiger partial charge in [0.1, 0.15) is 5.75 Å². The third-order valence-electron chi connectivity index (χ3n) is 4.18. The van der Waals surface area contributed by atoms with Gasteiger partial charge in [0.25, 0.3) is 15.9 Å². The summed E-state index contributed by atoms with van der Waals surface area (Å²) in [6, 6.07) is 15.6. The number of carbonyl (C=O) groups excluding carboxylic acids is 1. The number of alkyl halides is 3. The lowest BCUT2D eigenvalue weighted by Crippen LogP contribution is -2.15. The molecule has 0 aliphatic carbocycles. The summed E-state index contributed by atoms with van der Waals surface area (Å²) in [5.41, 5.74) is -0.720. The first-order valence-electron chi connectivity index (χ1n) is 8.84. The topological polar surface area (TPSA) is 84.5 Å². The van der Waals surface area contributed by atoms with E-state index in [1.54, 1.807) is 18.2 Å². The first-order valence-corrected chi connectivity index (χ1v) is 10.3. The Morgan fingerprint density at radius 1 is 0.903 bits per heavy atom. The highest BCUT2D eigenvalue weighted by Gasteiger charge is 2.30. The monoisotopic (exact) mass is 450 g/mol. The molecule has 0 saturated carbocycles. The maximum absolute atomic E-state index is 12.9. The van der Waals surface area contributed by atoms with Crippen LogP contribution in [0.5, 0.6) is 5.75 Å². The molecule has 0 spiro atoms. The van der Waals surface area contributed by atoms with Gasteiger partial charge in [-0.3, -0.25) is 9.52 Å². The number of amides is 1. The summed E-state index contributed by atoms with van der Waals surface area (Å²) < 4.78 is 71.0. The number of benzene rings is 3. The van der Waals surface area contributed by atoms with E-state index >= 15 is 0 Å². The number of halogens is 3. The Bertz CT molecular complexity index is 1210. The van der Waals surface area contributed by atoms with Crippen molar-refractivity contribution in [3.8, 4) is 5.75 Å². The van der Waals surface area contributed by atoms with E-state index in [0.717, 1.165) is 12.1 Å². The van der Waals surface area contributed by atoms with Crippen molar-refractivity contribution in [2.75, 3.05) is 17.1 Å². The smallest absolute Gasteiger partial charge is 0.416 e. The lowest BCUT2D eigenvalue weighted by molar-refractivity contribution is -0.137. The summed E-state index contributed by atoms with van der Waals surface area (Å²) >= 11 is 0. The highest BCUT2D eigenvalue weighted by atomic mass is 32.2. The van der Waals surface area contributed by atoms with Gasteiger partial charge in [-0.1, -0.05) is 18.2 Å². The normalized spacial score (nSPS) is 11.6. The van der Waals surface area contributed by atoms with E-state index in [2.05, 4.69) is 10.0 Å². The van der Waals surface area contributed by atoms with Gasteiger partial charge in [-0.25, -0.2) is 8.42 Å². The first kappa shape index (κ1) is 22.2. The van der Waals surface area contributed by atoms with E-state index in [1.807, 2.05) is 0 Å². The second-order valence-corrected chi connectivity index (χ2v) is 8.08. The fourth-order valence-corrected chi connectivity index (χ4v) is 3.78. The minimum Gasteiger partial charge on any atom is -0.497 e. The predicted octanol–water partition coefficient (Wildman–Crippen LogP) is 4.77. The summed E-state index contributed by atoms with van der Waals surface area (Å²) in [4.78, 5) is 12.2. The molecule has 3 rings (SSSR count). The van der Waals surface area contributed by atoms with Crippen LogP contribution in [0.2, 0.25) is 0 Å². The molecule has 0 saturated heterocycles. The van der Waals surface area contributed by atoms with Gasteiger partial charge in [0.05, 0.1) is 17.6 Å². The van der Waals surface area contributed by atoms with Crippen molar-refractivity contribution in [2.24, 2.45) is 0 Å². The molecule has 1 amide bonds. The summed E-state index contributed by atoms with van der Waals surface area (Å²) in [7, 11) is -2.74. The van der Waals surface area contributed by atoms with Crippen molar-refractivity contribution < 1.29 is 31.1 Å². The van der Waals surface area contributed by atoms with E-state index in [9.17, 15) is 26.4 Å². The van der Waals surface area contributed by atoms with Gasteiger partial charge >= 0.3 is 6.18 Å². The van der Waals surface area contributed by atoms with Crippen LogP contribution in [0.4, 0.5) is 24.5 Å². The first-order chi connectivity index (χ1) is 14.6. The Morgan fingerprint density at radius 3 is 2.29 bits per heavy atom. The van der Waals surface area contributed by atoms with Crippen molar-refractivity contribution in [1.82, 2.24) is 0 Å². The number of rotatable bonds is 6. The molecular formula is C21H17F3N2O4S. The van der Waals surface area contributed by atoms with Crippen LogP contribution in [0.3, 0.4) is 0 Å². The summed E-state index contributed by atoms with van der Waals surface area (Å²) in [6.45, 7) is 0. The minimum atomic E-state index is -4.61. The molecule has 31 heavy (non-hydrogen) atoms. The molecule has 0 fully saturated rings. The summed E-state index contributed by atoms with van der Waals surface area (Å²) in [5, 5.41) is 2.58. The molecule has 0 aliphatic heterocycles. The molecule has 162 valence electrons. The molecule has 0 bridgehead atoms. The third-order valence-corrected chi connectivity index (χ3v) is 5.56. The van der Waals surface area contributed by atoms with E-state index in [1.165, 1.54) is 43.5 Å². The molecular weight excluding hydrogens is 433 g/mol. The Labute approximate surface area is 176 Å². The largest absolute Gasteiger partial charge is 0.497 e. The fourth-order valence-electron chi connectivity index (χ4n) is 2.68. The molecule has 0 aliphatic rings. The van der Waals surface area contributed by atoms with E-state index in [0.29, 0.717) is 17.4 Å². The van der Waals surface area contributed by atoms with Crippen LogP contribution in [0.25, 0.3) is 0 Å². The van der Waals surface area contributed by atoms with Gasteiger partial charge in [0.2, 0.25) is 0 Å². The number of methoxy groups -OCH3 is 1. The van der Waals surface area contributed by atoms with Crippen LogP contribution in [-0.4, -0.2) is 21.4 Å². The standard InChI is InChI=1S/C21H17F3N2O4S/c1-30-18-9-2-5-14(11-18)20(27)25-16-7-4-10-19(13-16)31(28,29)26-17-8-3-6-15(12-17)21(22,23)24/h2-13,26H,1H3,(H,25,27). The van der Waals surface area contributed by atoms with Gasteiger partial charge in [-0.15, -0.1) is 0 Å². The average Bonchev–Trinajstić information content (AvgIpc) is 2.73. The number of ether oxygens (including phenoxy) is 1. The van der Waals surface area contributed by atoms with E-state index in [-0.39, 0.29) is 16.3 Å². The van der Waals surface area contributed by atoms with Gasteiger partial charge in [0.15, 0.2) is 0 Å². The lowest BCUT2D eigenvalue weighted by atomic mass is 10.2. The highest BCUT2D eigenvalue weighted by molar-refractivity contribution is 7.92. The van der Waals surface area contributed by atoms with Gasteiger partial charge in [0, 0.05) is 16.9 Å². The third kappa shape index (κ3) is 5.54. The molecule has 2 N–H and O–H groups in total. The molecule has 3 aromatic carbocycles. The summed E-state index contributed by atoms with van der Waals surface area (Å²) in [5.74, 6) is -0.00597. The quantitative estimate of drug-likeness (QED) is 0.567. The zero-order valence-electron chi connectivity index (χ0n) is 16.1. The van der Waals surface area contributed by atoms with Crippen LogP contribution >= 0.6 is 0 Å². The number of carbonyl (C=O) groups is 1. The average molecular weight is 450 g/mol. The van der Waals surface area contributed by atoms with Gasteiger partial charge < -0.3 is 10.1 Å². The van der Waals surface area contributed by atoms with Crippen LogP contribution in [-0.2, 0) is 16.2 Å². The zero-order chi connectivity index (χ0) is 22.6. The van der Waals surface area contributed by atoms with Gasteiger partial charge in [-0.05, 0) is 54.6 Å². The number of hydrogen-bond acceptors (Lipinski definition) is 4. The van der Waals surface area contributed by atoms with Gasteiger partial charge in [-0.2, -0.15) is 13.2 Å². The van der Waals surface area contributed by atoms with Crippen molar-refractivity contribution in [3.05, 3.63) is 83.9 Å². The SMILES string of the molecule is COc1cccc(C(=O)Nc2cccc(S(=O)(=O)Nc3cccc(C(F)(F)F)c3)c2)c1. The Hall–Kier alpha value is -3.53. The van der Waals surface area contributed by atoms with E-state index in [4.69, 9.17) is 4.74 Å². The highest BCUT2D eigenvalue weighted by Crippen LogP contribution is 2.31. The van der Waals surface area contributed by atoms with Crippen molar-refractivity contribution >= 4 is 27.3 Å². The number of nitrogens with one attached hydrogen (secondary N) is 2. The number of hydrogen-bond donors (Lipinski definition) is 2. The maximum atomic E-state index is 12.9. The molecule has 0 heterocycles. The Kier molecular flexibility index (Phi) is 6.21. The zero-order valence-corrected chi connectivity index (χ0v) is 16.9. The van der Waals surface area contributed by atoms with Crippen LogP contribution in [0.15, 0.2) is 77.7 Å². The minimum absolute atomic E-state index is 0.194. The molecule has 0 unspecified atom stereocenters. The predicted molar refractivity (Wildman–Crippen MR) is 110 cm³/mol. The molecule has 10 heteroatoms. The molecule has 0 radical (unpaired) electrons. The maximum Gasteiger partial charge on any atom is 0.416 e. The lowest BCUT2D eigenvalue weighted by Gasteiger charge is -2.12. The Balaban J connectivity index is 1.81. The molecule has 6 nitrogen and oxygen atoms in total. The second kappa shape index (κ2) is 8.68. The number of anilines is 2.